The van der Waals surface area contributed by atoms with Gasteiger partial charge in [-0.05, 0) is 30.5 Å². The minimum absolute atomic E-state index is 0.0572. The first kappa shape index (κ1) is 17.2. The van der Waals surface area contributed by atoms with E-state index in [4.69, 9.17) is 9.47 Å². The van der Waals surface area contributed by atoms with Crippen LogP contribution in [-0.4, -0.2) is 25.7 Å². The molecule has 1 amide bonds. The van der Waals surface area contributed by atoms with Gasteiger partial charge < -0.3 is 14.8 Å². The van der Waals surface area contributed by atoms with Gasteiger partial charge in [0.2, 0.25) is 5.91 Å². The fraction of sp³-hybridized carbons (Fsp3) is 0.471. The molecule has 0 heterocycles. The summed E-state index contributed by atoms with van der Waals surface area (Å²) in [6.45, 7) is 9.83. The van der Waals surface area contributed by atoms with Gasteiger partial charge in [-0.25, -0.2) is 0 Å². The van der Waals surface area contributed by atoms with E-state index in [1.165, 1.54) is 0 Å². The summed E-state index contributed by atoms with van der Waals surface area (Å²) in [5, 5.41) is 3.04. The minimum atomic E-state index is -0.498. The first-order valence-corrected chi connectivity index (χ1v) is 7.16. The van der Waals surface area contributed by atoms with Crippen molar-refractivity contribution in [2.75, 3.05) is 13.7 Å². The molecule has 21 heavy (non-hydrogen) atoms. The van der Waals surface area contributed by atoms with Crippen molar-refractivity contribution < 1.29 is 14.3 Å². The first-order valence-electron chi connectivity index (χ1n) is 7.16. The SMILES string of the molecule is C=CCO[C@@H](C)C(=O)N[C@H](c1ccc(OC)cc1)C(C)C. The number of methoxy groups -OCH3 is 1. The second-order valence-electron chi connectivity index (χ2n) is 5.27. The Morgan fingerprint density at radius 1 is 1.29 bits per heavy atom. The van der Waals surface area contributed by atoms with Gasteiger partial charge in [-0.15, -0.1) is 6.58 Å². The van der Waals surface area contributed by atoms with Crippen LogP contribution < -0.4 is 10.1 Å². The zero-order valence-corrected chi connectivity index (χ0v) is 13.3. The van der Waals surface area contributed by atoms with Crippen molar-refractivity contribution in [1.82, 2.24) is 5.32 Å². The molecular formula is C17H25NO3. The maximum atomic E-state index is 12.2. The molecule has 116 valence electrons. The topological polar surface area (TPSA) is 47.6 Å². The largest absolute Gasteiger partial charge is 0.497 e. The Labute approximate surface area is 127 Å². The second-order valence-corrected chi connectivity index (χ2v) is 5.27. The third-order valence-corrected chi connectivity index (χ3v) is 3.27. The Balaban J connectivity index is 2.77. The van der Waals surface area contributed by atoms with Crippen molar-refractivity contribution in [3.63, 3.8) is 0 Å². The molecule has 1 rings (SSSR count). The van der Waals surface area contributed by atoms with Gasteiger partial charge in [0.15, 0.2) is 0 Å². The molecule has 4 nitrogen and oxygen atoms in total. The molecule has 1 aromatic carbocycles. The number of rotatable bonds is 8. The van der Waals surface area contributed by atoms with Crippen LogP contribution in [0.15, 0.2) is 36.9 Å². The van der Waals surface area contributed by atoms with E-state index in [9.17, 15) is 4.79 Å². The fourth-order valence-corrected chi connectivity index (χ4v) is 2.00. The summed E-state index contributed by atoms with van der Waals surface area (Å²) in [5.41, 5.74) is 1.05. The van der Waals surface area contributed by atoms with E-state index in [0.29, 0.717) is 6.61 Å². The molecule has 2 atom stereocenters. The summed E-state index contributed by atoms with van der Waals surface area (Å²) in [5.74, 6) is 0.954. The van der Waals surface area contributed by atoms with Crippen LogP contribution in [0, 0.1) is 5.92 Å². The lowest BCUT2D eigenvalue weighted by atomic mass is 9.95. The van der Waals surface area contributed by atoms with Crippen LogP contribution in [-0.2, 0) is 9.53 Å². The van der Waals surface area contributed by atoms with Gasteiger partial charge in [0.25, 0.3) is 0 Å². The first-order chi connectivity index (χ1) is 9.99. The highest BCUT2D eigenvalue weighted by atomic mass is 16.5. The third kappa shape index (κ3) is 5.23. The normalized spacial score (nSPS) is 13.6. The number of hydrogen-bond donors (Lipinski definition) is 1. The van der Waals surface area contributed by atoms with Crippen LogP contribution in [0.3, 0.4) is 0 Å². The zero-order valence-electron chi connectivity index (χ0n) is 13.3. The van der Waals surface area contributed by atoms with Crippen molar-refractivity contribution in [3.05, 3.63) is 42.5 Å². The molecule has 0 aliphatic heterocycles. The van der Waals surface area contributed by atoms with Gasteiger partial charge in [-0.1, -0.05) is 32.1 Å². The van der Waals surface area contributed by atoms with E-state index in [1.54, 1.807) is 20.1 Å². The van der Waals surface area contributed by atoms with Crippen LogP contribution in [0.5, 0.6) is 5.75 Å². The van der Waals surface area contributed by atoms with E-state index in [1.807, 2.05) is 24.3 Å². The molecule has 0 aliphatic carbocycles. The van der Waals surface area contributed by atoms with Crippen molar-refractivity contribution in [2.45, 2.75) is 32.9 Å². The number of hydrogen-bond acceptors (Lipinski definition) is 3. The molecule has 0 radical (unpaired) electrons. The molecule has 0 spiro atoms. The molecule has 0 aromatic heterocycles. The summed E-state index contributed by atoms with van der Waals surface area (Å²) in [6, 6.07) is 7.68. The van der Waals surface area contributed by atoms with Crippen LogP contribution >= 0.6 is 0 Å². The quantitative estimate of drug-likeness (QED) is 0.749. The smallest absolute Gasteiger partial charge is 0.249 e. The highest BCUT2D eigenvalue weighted by Crippen LogP contribution is 2.24. The molecule has 1 N–H and O–H groups in total. The van der Waals surface area contributed by atoms with Gasteiger partial charge in [-0.2, -0.15) is 0 Å². The lowest BCUT2D eigenvalue weighted by Gasteiger charge is -2.25. The number of benzene rings is 1. The van der Waals surface area contributed by atoms with Gasteiger partial charge in [0, 0.05) is 0 Å². The van der Waals surface area contributed by atoms with E-state index >= 15 is 0 Å². The summed E-state index contributed by atoms with van der Waals surface area (Å²) < 4.78 is 10.5. The highest BCUT2D eigenvalue weighted by molar-refractivity contribution is 5.80. The van der Waals surface area contributed by atoms with E-state index in [-0.39, 0.29) is 17.9 Å². The maximum absolute atomic E-state index is 12.2. The summed E-state index contributed by atoms with van der Waals surface area (Å²) in [7, 11) is 1.63. The summed E-state index contributed by atoms with van der Waals surface area (Å²) in [6.07, 6.45) is 1.13. The number of nitrogens with one attached hydrogen (secondary N) is 1. The van der Waals surface area contributed by atoms with Crippen molar-refractivity contribution in [3.8, 4) is 5.75 Å². The molecule has 0 aliphatic rings. The highest BCUT2D eigenvalue weighted by Gasteiger charge is 2.21. The van der Waals surface area contributed by atoms with E-state index in [2.05, 4.69) is 25.7 Å². The lowest BCUT2D eigenvalue weighted by Crippen LogP contribution is -2.39. The molecule has 0 unspecified atom stereocenters. The minimum Gasteiger partial charge on any atom is -0.497 e. The average Bonchev–Trinajstić information content (AvgIpc) is 2.49. The summed E-state index contributed by atoms with van der Waals surface area (Å²) >= 11 is 0. The molecule has 0 bridgehead atoms. The number of amides is 1. The van der Waals surface area contributed by atoms with Crippen LogP contribution in [0.2, 0.25) is 0 Å². The number of carbonyl (C=O) groups excluding carboxylic acids is 1. The Hall–Kier alpha value is -1.81. The van der Waals surface area contributed by atoms with Crippen molar-refractivity contribution >= 4 is 5.91 Å². The van der Waals surface area contributed by atoms with E-state index in [0.717, 1.165) is 11.3 Å². The zero-order chi connectivity index (χ0) is 15.8. The molecule has 0 saturated heterocycles. The Morgan fingerprint density at radius 2 is 1.90 bits per heavy atom. The fourth-order valence-electron chi connectivity index (χ4n) is 2.00. The van der Waals surface area contributed by atoms with Crippen LogP contribution in [0.4, 0.5) is 0 Å². The Kier molecular flexibility index (Phi) is 6.96. The molecule has 0 fully saturated rings. The van der Waals surface area contributed by atoms with Gasteiger partial charge >= 0.3 is 0 Å². The van der Waals surface area contributed by atoms with Gasteiger partial charge in [0.05, 0.1) is 19.8 Å². The lowest BCUT2D eigenvalue weighted by molar-refractivity contribution is -0.132. The Morgan fingerprint density at radius 3 is 2.38 bits per heavy atom. The Bertz CT molecular complexity index is 454. The molecular weight excluding hydrogens is 266 g/mol. The third-order valence-electron chi connectivity index (χ3n) is 3.27. The van der Waals surface area contributed by atoms with Crippen LogP contribution in [0.1, 0.15) is 32.4 Å². The molecule has 4 heteroatoms. The van der Waals surface area contributed by atoms with Gasteiger partial charge in [-0.3, -0.25) is 4.79 Å². The maximum Gasteiger partial charge on any atom is 0.249 e. The standard InChI is InChI=1S/C17H25NO3/c1-6-11-21-13(4)17(19)18-16(12(2)3)14-7-9-15(20-5)10-8-14/h6-10,12-13,16H,1,11H2,2-5H3,(H,18,19)/t13-,16-/m0/s1. The number of ether oxygens (including phenoxy) is 2. The van der Waals surface area contributed by atoms with Crippen molar-refractivity contribution in [2.24, 2.45) is 5.92 Å². The predicted molar refractivity (Wildman–Crippen MR) is 84.3 cm³/mol. The molecule has 1 aromatic rings. The van der Waals surface area contributed by atoms with E-state index < -0.39 is 6.10 Å². The van der Waals surface area contributed by atoms with Gasteiger partial charge in [0.1, 0.15) is 11.9 Å². The predicted octanol–water partition coefficient (Wildman–Crippen LogP) is 3.10. The molecule has 0 saturated carbocycles. The van der Waals surface area contributed by atoms with Crippen molar-refractivity contribution in [1.29, 1.82) is 0 Å². The van der Waals surface area contributed by atoms with Crippen LogP contribution in [0.25, 0.3) is 0 Å². The number of carbonyl (C=O) groups is 1. The average molecular weight is 291 g/mol. The summed E-state index contributed by atoms with van der Waals surface area (Å²) in [4.78, 5) is 12.2. The monoisotopic (exact) mass is 291 g/mol. The second kappa shape index (κ2) is 8.47.